The maximum atomic E-state index is 12.1. The lowest BCUT2D eigenvalue weighted by Gasteiger charge is -2.17. The maximum Gasteiger partial charge on any atom is 0.223 e. The predicted octanol–water partition coefficient (Wildman–Crippen LogP) is 2.67. The molecule has 3 N–H and O–H groups in total. The van der Waals surface area contributed by atoms with Crippen molar-refractivity contribution in [2.24, 2.45) is 11.7 Å². The molecule has 1 fully saturated rings. The fraction of sp³-hybridized carbons (Fsp3) is 0.643. The van der Waals surface area contributed by atoms with Crippen molar-refractivity contribution in [2.75, 3.05) is 0 Å². The van der Waals surface area contributed by atoms with Crippen molar-refractivity contribution in [3.63, 3.8) is 0 Å². The Bertz CT molecular complexity index is 441. The molecule has 1 aromatic heterocycles. The van der Waals surface area contributed by atoms with Gasteiger partial charge in [0.1, 0.15) is 0 Å². The summed E-state index contributed by atoms with van der Waals surface area (Å²) >= 11 is 1.79. The van der Waals surface area contributed by atoms with Gasteiger partial charge in [0.05, 0.1) is 6.04 Å². The molecule has 2 rings (SSSR count). The molecule has 1 aliphatic carbocycles. The fourth-order valence-electron chi connectivity index (χ4n) is 2.74. The molecular formula is C14H22N2OS. The number of hydrogen-bond donors (Lipinski definition) is 2. The number of rotatable bonds is 3. The van der Waals surface area contributed by atoms with Crippen LogP contribution in [0.5, 0.6) is 0 Å². The van der Waals surface area contributed by atoms with Gasteiger partial charge >= 0.3 is 0 Å². The van der Waals surface area contributed by atoms with Gasteiger partial charge in [-0.3, -0.25) is 4.79 Å². The van der Waals surface area contributed by atoms with Crippen LogP contribution in [0.1, 0.15) is 47.5 Å². The summed E-state index contributed by atoms with van der Waals surface area (Å²) in [6, 6.07) is 2.48. The Balaban J connectivity index is 1.97. The van der Waals surface area contributed by atoms with Crippen LogP contribution in [-0.2, 0) is 4.79 Å². The molecule has 0 aliphatic heterocycles. The molecule has 3 unspecified atom stereocenters. The van der Waals surface area contributed by atoms with Crippen molar-refractivity contribution in [3.05, 3.63) is 21.4 Å². The number of hydrogen-bond acceptors (Lipinski definition) is 3. The summed E-state index contributed by atoms with van der Waals surface area (Å²) in [5.41, 5.74) is 7.10. The van der Waals surface area contributed by atoms with E-state index in [9.17, 15) is 4.79 Å². The van der Waals surface area contributed by atoms with Crippen molar-refractivity contribution in [1.82, 2.24) is 5.32 Å². The monoisotopic (exact) mass is 266 g/mol. The summed E-state index contributed by atoms with van der Waals surface area (Å²) in [5.74, 6) is 0.279. The standard InChI is InChI=1S/C14H22N2OS/c1-8-6-13(10(3)18-8)9(2)16-14(17)11-4-5-12(15)7-11/h6,9,11-12H,4-5,7,15H2,1-3H3,(H,16,17). The third-order valence-corrected chi connectivity index (χ3v) is 4.73. The smallest absolute Gasteiger partial charge is 0.223 e. The molecule has 0 aromatic carbocycles. The van der Waals surface area contributed by atoms with Gasteiger partial charge in [0.15, 0.2) is 0 Å². The molecule has 100 valence electrons. The van der Waals surface area contributed by atoms with Gasteiger partial charge in [-0.2, -0.15) is 0 Å². The second kappa shape index (κ2) is 5.41. The Hall–Kier alpha value is -0.870. The Morgan fingerprint density at radius 1 is 1.50 bits per heavy atom. The van der Waals surface area contributed by atoms with Gasteiger partial charge in [0, 0.05) is 21.7 Å². The Kier molecular flexibility index (Phi) is 4.07. The van der Waals surface area contributed by atoms with Crippen LogP contribution in [0.3, 0.4) is 0 Å². The number of nitrogens with two attached hydrogens (primary N) is 1. The van der Waals surface area contributed by atoms with E-state index in [2.05, 4.69) is 32.2 Å². The molecule has 0 radical (unpaired) electrons. The van der Waals surface area contributed by atoms with Crippen LogP contribution in [-0.4, -0.2) is 11.9 Å². The minimum atomic E-state index is 0.0966. The highest BCUT2D eigenvalue weighted by molar-refractivity contribution is 7.12. The average Bonchev–Trinajstić information content (AvgIpc) is 2.84. The van der Waals surface area contributed by atoms with Gasteiger partial charge in [-0.1, -0.05) is 0 Å². The van der Waals surface area contributed by atoms with E-state index in [4.69, 9.17) is 5.73 Å². The van der Waals surface area contributed by atoms with E-state index >= 15 is 0 Å². The molecular weight excluding hydrogens is 244 g/mol. The molecule has 1 aromatic rings. The molecule has 1 saturated carbocycles. The molecule has 4 heteroatoms. The lowest BCUT2D eigenvalue weighted by atomic mass is 10.0. The highest BCUT2D eigenvalue weighted by Crippen LogP contribution is 2.28. The van der Waals surface area contributed by atoms with Gasteiger partial charge in [0.25, 0.3) is 0 Å². The van der Waals surface area contributed by atoms with Gasteiger partial charge in [-0.25, -0.2) is 0 Å². The Morgan fingerprint density at radius 3 is 2.72 bits per heavy atom. The summed E-state index contributed by atoms with van der Waals surface area (Å²) in [6.07, 6.45) is 2.74. The van der Waals surface area contributed by atoms with E-state index in [0.717, 1.165) is 19.3 Å². The van der Waals surface area contributed by atoms with E-state index < -0.39 is 0 Å². The second-order valence-corrected chi connectivity index (χ2v) is 6.83. The van der Waals surface area contributed by atoms with E-state index in [1.165, 1.54) is 15.3 Å². The Morgan fingerprint density at radius 2 is 2.22 bits per heavy atom. The average molecular weight is 266 g/mol. The minimum absolute atomic E-state index is 0.0966. The summed E-state index contributed by atoms with van der Waals surface area (Å²) in [5, 5.41) is 3.12. The topological polar surface area (TPSA) is 55.1 Å². The minimum Gasteiger partial charge on any atom is -0.349 e. The largest absolute Gasteiger partial charge is 0.349 e. The molecule has 1 aliphatic rings. The molecule has 18 heavy (non-hydrogen) atoms. The van der Waals surface area contributed by atoms with E-state index in [1.807, 2.05) is 0 Å². The van der Waals surface area contributed by atoms with Crippen LogP contribution in [0.4, 0.5) is 0 Å². The van der Waals surface area contributed by atoms with Gasteiger partial charge in [-0.05, 0) is 51.7 Å². The maximum absolute atomic E-state index is 12.1. The van der Waals surface area contributed by atoms with E-state index in [0.29, 0.717) is 0 Å². The van der Waals surface area contributed by atoms with Crippen LogP contribution in [0.2, 0.25) is 0 Å². The molecule has 1 heterocycles. The third kappa shape index (κ3) is 2.93. The van der Waals surface area contributed by atoms with Crippen LogP contribution >= 0.6 is 11.3 Å². The highest BCUT2D eigenvalue weighted by Gasteiger charge is 2.28. The van der Waals surface area contributed by atoms with Crippen molar-refractivity contribution in [1.29, 1.82) is 0 Å². The summed E-state index contributed by atoms with van der Waals surface area (Å²) in [7, 11) is 0. The summed E-state index contributed by atoms with van der Waals surface area (Å²) in [6.45, 7) is 6.27. The van der Waals surface area contributed by atoms with Crippen LogP contribution in [0.15, 0.2) is 6.07 Å². The van der Waals surface area contributed by atoms with Gasteiger partial charge < -0.3 is 11.1 Å². The SMILES string of the molecule is Cc1cc(C(C)NC(=O)C2CCC(N)C2)c(C)s1. The predicted molar refractivity (Wildman–Crippen MR) is 75.7 cm³/mol. The van der Waals surface area contributed by atoms with Crippen molar-refractivity contribution in [2.45, 2.75) is 52.1 Å². The molecule has 0 bridgehead atoms. The van der Waals surface area contributed by atoms with Crippen LogP contribution in [0, 0.1) is 19.8 Å². The quantitative estimate of drug-likeness (QED) is 0.883. The second-order valence-electron chi connectivity index (χ2n) is 5.37. The zero-order valence-corrected chi connectivity index (χ0v) is 12.1. The fourth-order valence-corrected chi connectivity index (χ4v) is 3.77. The highest BCUT2D eigenvalue weighted by atomic mass is 32.1. The van der Waals surface area contributed by atoms with Gasteiger partial charge in [0.2, 0.25) is 5.91 Å². The first kappa shape index (κ1) is 13.6. The molecule has 1 amide bonds. The number of thiophene rings is 1. The lowest BCUT2D eigenvalue weighted by Crippen LogP contribution is -2.32. The molecule has 3 nitrogen and oxygen atoms in total. The number of carbonyl (C=O) groups excluding carboxylic acids is 1. The third-order valence-electron chi connectivity index (χ3n) is 3.75. The number of nitrogens with one attached hydrogen (secondary N) is 1. The normalized spacial score (nSPS) is 25.1. The van der Waals surface area contributed by atoms with Crippen molar-refractivity contribution in [3.8, 4) is 0 Å². The Labute approximate surface area is 113 Å². The number of carbonyl (C=O) groups is 1. The summed E-state index contributed by atoms with van der Waals surface area (Å²) in [4.78, 5) is 14.7. The van der Waals surface area contributed by atoms with E-state index in [-0.39, 0.29) is 23.9 Å². The van der Waals surface area contributed by atoms with Crippen LogP contribution in [0.25, 0.3) is 0 Å². The van der Waals surface area contributed by atoms with Gasteiger partial charge in [-0.15, -0.1) is 11.3 Å². The molecule has 0 saturated heterocycles. The number of amides is 1. The van der Waals surface area contributed by atoms with Crippen LogP contribution < -0.4 is 11.1 Å². The lowest BCUT2D eigenvalue weighted by molar-refractivity contribution is -0.125. The van der Waals surface area contributed by atoms with Crippen molar-refractivity contribution < 1.29 is 4.79 Å². The zero-order chi connectivity index (χ0) is 13.3. The molecule has 0 spiro atoms. The van der Waals surface area contributed by atoms with Crippen molar-refractivity contribution >= 4 is 17.2 Å². The first-order valence-corrected chi connectivity index (χ1v) is 7.42. The summed E-state index contributed by atoms with van der Waals surface area (Å²) < 4.78 is 0. The zero-order valence-electron chi connectivity index (χ0n) is 11.3. The first-order valence-electron chi connectivity index (χ1n) is 6.60. The first-order chi connectivity index (χ1) is 8.47. The number of aryl methyl sites for hydroxylation is 2. The van der Waals surface area contributed by atoms with E-state index in [1.54, 1.807) is 11.3 Å². The molecule has 3 atom stereocenters.